The standard InChI is InChI=1S/C12H12IN3O/c1-2-16-7-3-4-10(16)12(17)15-11-6-5-9(13)8-14-11/h3-8H,2H2,1H3,(H,14,15,17). The molecule has 2 heterocycles. The van der Waals surface area contributed by atoms with Crippen molar-refractivity contribution in [1.82, 2.24) is 9.55 Å². The predicted octanol–water partition coefficient (Wildman–Crippen LogP) is 2.76. The molecular weight excluding hydrogens is 329 g/mol. The van der Waals surface area contributed by atoms with Crippen LogP contribution in [-0.4, -0.2) is 15.5 Å². The van der Waals surface area contributed by atoms with Crippen molar-refractivity contribution in [2.75, 3.05) is 5.32 Å². The number of amides is 1. The molecule has 1 N–H and O–H groups in total. The molecule has 0 spiro atoms. The average molecular weight is 341 g/mol. The lowest BCUT2D eigenvalue weighted by atomic mass is 10.4. The van der Waals surface area contributed by atoms with Gasteiger partial charge in [0, 0.05) is 22.5 Å². The smallest absolute Gasteiger partial charge is 0.273 e. The molecule has 0 fully saturated rings. The first-order valence-corrected chi connectivity index (χ1v) is 6.36. The SMILES string of the molecule is CCn1cccc1C(=O)Nc1ccc(I)cn1. The van der Waals surface area contributed by atoms with Crippen molar-refractivity contribution in [3.63, 3.8) is 0 Å². The van der Waals surface area contributed by atoms with E-state index in [1.165, 1.54) is 0 Å². The van der Waals surface area contributed by atoms with E-state index in [-0.39, 0.29) is 5.91 Å². The number of hydrogen-bond donors (Lipinski definition) is 1. The Morgan fingerprint density at radius 3 is 2.94 bits per heavy atom. The molecule has 0 aliphatic rings. The van der Waals surface area contributed by atoms with Gasteiger partial charge in [0.1, 0.15) is 11.5 Å². The topological polar surface area (TPSA) is 46.9 Å². The van der Waals surface area contributed by atoms with Gasteiger partial charge in [-0.1, -0.05) is 0 Å². The van der Waals surface area contributed by atoms with E-state index < -0.39 is 0 Å². The van der Waals surface area contributed by atoms with Crippen molar-refractivity contribution in [1.29, 1.82) is 0 Å². The summed E-state index contributed by atoms with van der Waals surface area (Å²) < 4.78 is 2.93. The van der Waals surface area contributed by atoms with Gasteiger partial charge in [0.2, 0.25) is 0 Å². The zero-order valence-electron chi connectivity index (χ0n) is 9.35. The summed E-state index contributed by atoms with van der Waals surface area (Å²) in [4.78, 5) is 16.1. The Hall–Kier alpha value is -1.37. The number of carbonyl (C=O) groups is 1. The van der Waals surface area contributed by atoms with Crippen molar-refractivity contribution >= 4 is 34.3 Å². The third-order valence-electron chi connectivity index (χ3n) is 2.37. The van der Waals surface area contributed by atoms with Crippen LogP contribution in [-0.2, 0) is 6.54 Å². The highest BCUT2D eigenvalue weighted by atomic mass is 127. The predicted molar refractivity (Wildman–Crippen MR) is 75.0 cm³/mol. The number of aromatic nitrogens is 2. The average Bonchev–Trinajstić information content (AvgIpc) is 2.80. The Morgan fingerprint density at radius 1 is 1.47 bits per heavy atom. The van der Waals surface area contributed by atoms with Crippen LogP contribution in [0.3, 0.4) is 0 Å². The van der Waals surface area contributed by atoms with E-state index in [0.717, 1.165) is 10.1 Å². The monoisotopic (exact) mass is 341 g/mol. The highest BCUT2D eigenvalue weighted by Crippen LogP contribution is 2.09. The largest absolute Gasteiger partial charge is 0.344 e. The molecule has 2 rings (SSSR count). The molecule has 0 aliphatic carbocycles. The zero-order valence-corrected chi connectivity index (χ0v) is 11.5. The minimum absolute atomic E-state index is 0.134. The zero-order chi connectivity index (χ0) is 12.3. The number of carbonyl (C=O) groups excluding carboxylic acids is 1. The molecule has 0 unspecified atom stereocenters. The number of hydrogen-bond acceptors (Lipinski definition) is 2. The quantitative estimate of drug-likeness (QED) is 0.873. The van der Waals surface area contributed by atoms with Gasteiger partial charge in [-0.15, -0.1) is 0 Å². The summed E-state index contributed by atoms with van der Waals surface area (Å²) in [5.74, 6) is 0.435. The molecule has 1 amide bonds. The molecular formula is C12H12IN3O. The van der Waals surface area contributed by atoms with Crippen LogP contribution in [0.25, 0.3) is 0 Å². The number of aryl methyl sites for hydroxylation is 1. The van der Waals surface area contributed by atoms with Crippen LogP contribution in [0.15, 0.2) is 36.7 Å². The molecule has 4 nitrogen and oxygen atoms in total. The fourth-order valence-electron chi connectivity index (χ4n) is 1.53. The molecule has 0 aromatic carbocycles. The van der Waals surface area contributed by atoms with Crippen molar-refractivity contribution in [2.45, 2.75) is 13.5 Å². The molecule has 0 radical (unpaired) electrons. The third-order valence-corrected chi connectivity index (χ3v) is 3.01. The number of pyridine rings is 1. The van der Waals surface area contributed by atoms with Crippen LogP contribution < -0.4 is 5.32 Å². The number of nitrogens with zero attached hydrogens (tertiary/aromatic N) is 2. The molecule has 0 bridgehead atoms. The second-order valence-corrected chi connectivity index (χ2v) is 4.74. The Labute approximate surface area is 113 Å². The van der Waals surface area contributed by atoms with Crippen molar-refractivity contribution in [3.05, 3.63) is 45.9 Å². The summed E-state index contributed by atoms with van der Waals surface area (Å²) in [6.07, 6.45) is 3.60. The highest BCUT2D eigenvalue weighted by Gasteiger charge is 2.10. The first-order chi connectivity index (χ1) is 8.20. The minimum atomic E-state index is -0.134. The molecule has 2 aromatic heterocycles. The minimum Gasteiger partial charge on any atom is -0.344 e. The van der Waals surface area contributed by atoms with Gasteiger partial charge in [0.25, 0.3) is 5.91 Å². The number of anilines is 1. The fourth-order valence-corrected chi connectivity index (χ4v) is 1.85. The Kier molecular flexibility index (Phi) is 3.78. The summed E-state index contributed by atoms with van der Waals surface area (Å²) >= 11 is 2.17. The van der Waals surface area contributed by atoms with Crippen LogP contribution in [0, 0.1) is 3.57 Å². The van der Waals surface area contributed by atoms with Crippen LogP contribution in [0.4, 0.5) is 5.82 Å². The number of rotatable bonds is 3. The normalized spacial score (nSPS) is 10.2. The van der Waals surface area contributed by atoms with Crippen LogP contribution >= 0.6 is 22.6 Å². The van der Waals surface area contributed by atoms with E-state index in [1.54, 1.807) is 18.3 Å². The van der Waals surface area contributed by atoms with Gasteiger partial charge in [-0.3, -0.25) is 4.79 Å². The fraction of sp³-hybridized carbons (Fsp3) is 0.167. The second-order valence-electron chi connectivity index (χ2n) is 3.50. The van der Waals surface area contributed by atoms with Crippen LogP contribution in [0.2, 0.25) is 0 Å². The lowest BCUT2D eigenvalue weighted by Gasteiger charge is -2.07. The molecule has 2 aromatic rings. The maximum atomic E-state index is 12.0. The Balaban J connectivity index is 2.14. The molecule has 5 heteroatoms. The van der Waals surface area contributed by atoms with E-state index in [1.807, 2.05) is 29.8 Å². The Bertz CT molecular complexity index is 519. The van der Waals surface area contributed by atoms with Crippen LogP contribution in [0.1, 0.15) is 17.4 Å². The molecule has 0 aliphatic heterocycles. The van der Waals surface area contributed by atoms with E-state index in [2.05, 4.69) is 32.9 Å². The first kappa shape index (κ1) is 12.1. The lowest BCUT2D eigenvalue weighted by molar-refractivity contribution is 0.101. The summed E-state index contributed by atoms with van der Waals surface area (Å²) in [5, 5.41) is 2.77. The van der Waals surface area contributed by atoms with Crippen molar-refractivity contribution < 1.29 is 4.79 Å². The van der Waals surface area contributed by atoms with Gasteiger partial charge in [-0.05, 0) is 53.8 Å². The van der Waals surface area contributed by atoms with Crippen molar-refractivity contribution in [3.8, 4) is 0 Å². The van der Waals surface area contributed by atoms with Gasteiger partial charge >= 0.3 is 0 Å². The maximum Gasteiger partial charge on any atom is 0.273 e. The lowest BCUT2D eigenvalue weighted by Crippen LogP contribution is -2.17. The van der Waals surface area contributed by atoms with Gasteiger partial charge in [0.05, 0.1) is 0 Å². The summed E-state index contributed by atoms with van der Waals surface area (Å²) in [7, 11) is 0. The second kappa shape index (κ2) is 5.31. The van der Waals surface area contributed by atoms with Gasteiger partial charge in [-0.25, -0.2) is 4.98 Å². The summed E-state index contributed by atoms with van der Waals surface area (Å²) in [5.41, 5.74) is 0.646. The molecule has 0 saturated carbocycles. The van der Waals surface area contributed by atoms with Crippen molar-refractivity contribution in [2.24, 2.45) is 0 Å². The molecule has 0 atom stereocenters. The molecule has 17 heavy (non-hydrogen) atoms. The van der Waals surface area contributed by atoms with Gasteiger partial charge in [-0.2, -0.15) is 0 Å². The van der Waals surface area contributed by atoms with E-state index >= 15 is 0 Å². The van der Waals surface area contributed by atoms with Gasteiger partial charge in [0.15, 0.2) is 0 Å². The molecule has 0 saturated heterocycles. The third kappa shape index (κ3) is 2.85. The van der Waals surface area contributed by atoms with E-state index in [9.17, 15) is 4.79 Å². The molecule has 88 valence electrons. The number of halogens is 1. The Morgan fingerprint density at radius 2 is 2.29 bits per heavy atom. The maximum absolute atomic E-state index is 12.0. The summed E-state index contributed by atoms with van der Waals surface area (Å²) in [6, 6.07) is 7.35. The first-order valence-electron chi connectivity index (χ1n) is 5.28. The summed E-state index contributed by atoms with van der Waals surface area (Å²) in [6.45, 7) is 2.77. The van der Waals surface area contributed by atoms with Crippen LogP contribution in [0.5, 0.6) is 0 Å². The van der Waals surface area contributed by atoms with E-state index in [4.69, 9.17) is 0 Å². The number of nitrogens with one attached hydrogen (secondary N) is 1. The highest BCUT2D eigenvalue weighted by molar-refractivity contribution is 14.1. The van der Waals surface area contributed by atoms with E-state index in [0.29, 0.717) is 11.5 Å². The van der Waals surface area contributed by atoms with Gasteiger partial charge < -0.3 is 9.88 Å².